The van der Waals surface area contributed by atoms with Crippen LogP contribution < -0.4 is 4.72 Å². The first-order chi connectivity index (χ1) is 9.16. The van der Waals surface area contributed by atoms with Crippen LogP contribution in [0.4, 0.5) is 0 Å². The van der Waals surface area contributed by atoms with Gasteiger partial charge in [0.15, 0.2) is 0 Å². The summed E-state index contributed by atoms with van der Waals surface area (Å²) in [6.07, 6.45) is 0. The van der Waals surface area contributed by atoms with Gasteiger partial charge >= 0.3 is 5.97 Å². The van der Waals surface area contributed by atoms with E-state index in [0.717, 1.165) is 0 Å². The average molecular weight is 300 g/mol. The summed E-state index contributed by atoms with van der Waals surface area (Å²) in [5, 5.41) is 9.02. The molecule has 112 valence electrons. The lowest BCUT2D eigenvalue weighted by molar-refractivity contribution is 0.0696. The highest BCUT2D eigenvalue weighted by atomic mass is 32.2. The largest absolute Gasteiger partial charge is 0.478 e. The van der Waals surface area contributed by atoms with Gasteiger partial charge in [0.25, 0.3) is 0 Å². The van der Waals surface area contributed by atoms with Gasteiger partial charge in [-0.1, -0.05) is 6.07 Å². The van der Waals surface area contributed by atoms with Crippen LogP contribution in [0.25, 0.3) is 0 Å². The molecule has 1 rings (SSSR count). The summed E-state index contributed by atoms with van der Waals surface area (Å²) in [6, 6.07) is 4.26. The van der Waals surface area contributed by atoms with Crippen molar-refractivity contribution in [2.45, 2.75) is 24.8 Å². The van der Waals surface area contributed by atoms with E-state index in [1.807, 2.05) is 25.9 Å². The Kier molecular flexibility index (Phi) is 5.27. The lowest BCUT2D eigenvalue weighted by atomic mass is 10.1. The van der Waals surface area contributed by atoms with Crippen LogP contribution >= 0.6 is 0 Å². The summed E-state index contributed by atoms with van der Waals surface area (Å²) < 4.78 is 27.0. The van der Waals surface area contributed by atoms with Gasteiger partial charge < -0.3 is 10.0 Å². The number of sulfonamides is 1. The molecule has 0 fully saturated rings. The van der Waals surface area contributed by atoms with E-state index in [4.69, 9.17) is 5.11 Å². The zero-order chi connectivity index (χ0) is 15.5. The van der Waals surface area contributed by atoms with Crippen molar-refractivity contribution < 1.29 is 18.3 Å². The topological polar surface area (TPSA) is 86.7 Å². The van der Waals surface area contributed by atoms with E-state index >= 15 is 0 Å². The molecule has 1 aromatic rings. The molecule has 1 atom stereocenters. The third kappa shape index (κ3) is 3.78. The highest BCUT2D eigenvalue weighted by Gasteiger charge is 2.21. The monoisotopic (exact) mass is 300 g/mol. The molecule has 0 saturated carbocycles. The van der Waals surface area contributed by atoms with E-state index in [-0.39, 0.29) is 28.6 Å². The molecule has 0 saturated heterocycles. The Labute approximate surface area is 119 Å². The van der Waals surface area contributed by atoms with Crippen molar-refractivity contribution in [3.63, 3.8) is 0 Å². The van der Waals surface area contributed by atoms with Gasteiger partial charge in [-0.15, -0.1) is 0 Å². The van der Waals surface area contributed by atoms with Crippen molar-refractivity contribution in [1.29, 1.82) is 0 Å². The van der Waals surface area contributed by atoms with Crippen LogP contribution in [0.1, 0.15) is 22.8 Å². The van der Waals surface area contributed by atoms with Crippen molar-refractivity contribution in [1.82, 2.24) is 9.62 Å². The molecule has 0 bridgehead atoms. The Morgan fingerprint density at radius 2 is 2.00 bits per heavy atom. The number of nitrogens with one attached hydrogen (secondary N) is 1. The first kappa shape index (κ1) is 16.6. The van der Waals surface area contributed by atoms with E-state index in [9.17, 15) is 13.2 Å². The summed E-state index contributed by atoms with van der Waals surface area (Å²) in [5.41, 5.74) is 0.235. The van der Waals surface area contributed by atoms with Crippen LogP contribution in [0.3, 0.4) is 0 Å². The second-order valence-electron chi connectivity index (χ2n) is 4.90. The van der Waals surface area contributed by atoms with Gasteiger partial charge in [0.2, 0.25) is 10.0 Å². The van der Waals surface area contributed by atoms with Gasteiger partial charge in [-0.05, 0) is 45.6 Å². The zero-order valence-electron chi connectivity index (χ0n) is 12.0. The van der Waals surface area contributed by atoms with Crippen molar-refractivity contribution in [2.75, 3.05) is 20.6 Å². The molecule has 0 aliphatic carbocycles. The second-order valence-corrected chi connectivity index (χ2v) is 6.63. The Balaban J connectivity index is 3.05. The maximum Gasteiger partial charge on any atom is 0.335 e. The molecular weight excluding hydrogens is 280 g/mol. The van der Waals surface area contributed by atoms with Crippen LogP contribution in [0, 0.1) is 6.92 Å². The minimum Gasteiger partial charge on any atom is -0.478 e. The molecule has 2 N–H and O–H groups in total. The molecular formula is C13H20N2O4S. The number of benzene rings is 1. The number of likely N-dealkylation sites (N-methyl/N-ethyl adjacent to an activating group) is 1. The highest BCUT2D eigenvalue weighted by molar-refractivity contribution is 7.89. The summed E-state index contributed by atoms with van der Waals surface area (Å²) in [6.45, 7) is 3.64. The smallest absolute Gasteiger partial charge is 0.335 e. The summed E-state index contributed by atoms with van der Waals surface area (Å²) in [5.74, 6) is -1.14. The first-order valence-electron chi connectivity index (χ1n) is 6.16. The summed E-state index contributed by atoms with van der Waals surface area (Å²) in [4.78, 5) is 12.9. The lowest BCUT2D eigenvalue weighted by Crippen LogP contribution is -2.38. The van der Waals surface area contributed by atoms with Gasteiger partial charge in [0.05, 0.1) is 10.5 Å². The Morgan fingerprint density at radius 1 is 1.40 bits per heavy atom. The fourth-order valence-corrected chi connectivity index (χ4v) is 3.01. The molecule has 0 aromatic heterocycles. The van der Waals surface area contributed by atoms with E-state index < -0.39 is 16.0 Å². The SMILES string of the molecule is Cc1c(C(=O)O)cccc1S(=O)(=O)NCC(C)N(C)C. The van der Waals surface area contributed by atoms with Crippen LogP contribution in [0.15, 0.2) is 23.1 Å². The Bertz CT molecular complexity index is 596. The number of carbonyl (C=O) groups is 1. The molecule has 0 aliphatic heterocycles. The number of carboxylic acids is 1. The van der Waals surface area contributed by atoms with E-state index in [1.54, 1.807) is 0 Å². The molecule has 0 radical (unpaired) electrons. The third-order valence-corrected chi connectivity index (χ3v) is 4.82. The molecule has 6 nitrogen and oxygen atoms in total. The van der Waals surface area contributed by atoms with Gasteiger partial charge in [-0.25, -0.2) is 17.9 Å². The van der Waals surface area contributed by atoms with E-state index in [1.165, 1.54) is 25.1 Å². The number of nitrogens with zero attached hydrogens (tertiary/aromatic N) is 1. The fourth-order valence-electron chi connectivity index (χ4n) is 1.63. The highest BCUT2D eigenvalue weighted by Crippen LogP contribution is 2.18. The van der Waals surface area contributed by atoms with E-state index in [0.29, 0.717) is 0 Å². The predicted octanol–water partition coefficient (Wildman–Crippen LogP) is 0.922. The lowest BCUT2D eigenvalue weighted by Gasteiger charge is -2.20. The summed E-state index contributed by atoms with van der Waals surface area (Å²) >= 11 is 0. The number of rotatable bonds is 6. The van der Waals surface area contributed by atoms with Crippen molar-refractivity contribution in [2.24, 2.45) is 0 Å². The fraction of sp³-hybridized carbons (Fsp3) is 0.462. The normalized spacial score (nSPS) is 13.4. The minimum absolute atomic E-state index is 0.00311. The standard InChI is InChI=1S/C13H20N2O4S/c1-9(15(3)4)8-14-20(18,19)12-7-5-6-11(10(12)2)13(16)17/h5-7,9,14H,8H2,1-4H3,(H,16,17). The third-order valence-electron chi connectivity index (χ3n) is 3.25. The molecule has 0 spiro atoms. The number of hydrogen-bond acceptors (Lipinski definition) is 4. The molecule has 0 amide bonds. The zero-order valence-corrected chi connectivity index (χ0v) is 12.9. The van der Waals surface area contributed by atoms with Crippen LogP contribution in [0.5, 0.6) is 0 Å². The molecule has 1 unspecified atom stereocenters. The van der Waals surface area contributed by atoms with Gasteiger partial charge in [0, 0.05) is 12.6 Å². The molecule has 1 aromatic carbocycles. The maximum absolute atomic E-state index is 12.2. The molecule has 0 heterocycles. The average Bonchev–Trinajstić information content (AvgIpc) is 2.35. The Hall–Kier alpha value is -1.44. The van der Waals surface area contributed by atoms with Crippen molar-refractivity contribution >= 4 is 16.0 Å². The number of hydrogen-bond donors (Lipinski definition) is 2. The predicted molar refractivity (Wildman–Crippen MR) is 76.5 cm³/mol. The van der Waals surface area contributed by atoms with Crippen molar-refractivity contribution in [3.05, 3.63) is 29.3 Å². The number of aromatic carboxylic acids is 1. The maximum atomic E-state index is 12.2. The minimum atomic E-state index is -3.72. The quantitative estimate of drug-likeness (QED) is 0.816. The van der Waals surface area contributed by atoms with Gasteiger partial charge in [-0.3, -0.25) is 0 Å². The van der Waals surface area contributed by atoms with Crippen LogP contribution in [0.2, 0.25) is 0 Å². The number of carboxylic acid groups (broad SMARTS) is 1. The van der Waals surface area contributed by atoms with E-state index in [2.05, 4.69) is 4.72 Å². The second kappa shape index (κ2) is 6.34. The van der Waals surface area contributed by atoms with Gasteiger partial charge in [-0.2, -0.15) is 0 Å². The first-order valence-corrected chi connectivity index (χ1v) is 7.64. The van der Waals surface area contributed by atoms with Gasteiger partial charge in [0.1, 0.15) is 0 Å². The Morgan fingerprint density at radius 3 is 2.50 bits per heavy atom. The van der Waals surface area contributed by atoms with Crippen LogP contribution in [-0.2, 0) is 10.0 Å². The summed E-state index contributed by atoms with van der Waals surface area (Å²) in [7, 11) is -0.00273. The molecule has 0 aliphatic rings. The molecule has 20 heavy (non-hydrogen) atoms. The van der Waals surface area contributed by atoms with Crippen molar-refractivity contribution in [3.8, 4) is 0 Å². The molecule has 7 heteroatoms. The van der Waals surface area contributed by atoms with Crippen LogP contribution in [-0.4, -0.2) is 51.1 Å².